The van der Waals surface area contributed by atoms with E-state index in [-0.39, 0.29) is 16.4 Å². The number of rotatable bonds is 5. The van der Waals surface area contributed by atoms with Crippen LogP contribution < -0.4 is 11.2 Å². The maximum Gasteiger partial charge on any atom is 0.332 e. The van der Waals surface area contributed by atoms with Crippen molar-refractivity contribution in [2.45, 2.75) is 38.9 Å². The zero-order valence-electron chi connectivity index (χ0n) is 18.8. The van der Waals surface area contributed by atoms with Gasteiger partial charge in [-0.15, -0.1) is 5.10 Å². The molecule has 0 aliphatic heterocycles. The van der Waals surface area contributed by atoms with Crippen molar-refractivity contribution >= 4 is 22.2 Å². The lowest BCUT2D eigenvalue weighted by Gasteiger charge is -2.20. The second-order valence-corrected chi connectivity index (χ2v) is 10.3. The van der Waals surface area contributed by atoms with E-state index in [9.17, 15) is 14.1 Å². The molecule has 0 fully saturated rings. The molecule has 4 aromatic rings. The standard InChI is InChI=1S/C22H26N6O3S/c1-22(2,3)13-27-18-17(19(29)25(4)21(27)30)20(32(5)31)28(24-18)12-15-6-8-16(9-7-15)26-11-10-23-14-26/h6-11,14H,12-13H2,1-5H3. The van der Waals surface area contributed by atoms with Crippen molar-refractivity contribution in [2.24, 2.45) is 12.5 Å². The molecule has 10 heteroatoms. The number of imidazole rings is 1. The molecule has 4 rings (SSSR count). The van der Waals surface area contributed by atoms with Crippen LogP contribution in [-0.2, 0) is 31.3 Å². The maximum absolute atomic E-state index is 13.0. The van der Waals surface area contributed by atoms with E-state index in [0.717, 1.165) is 15.8 Å². The number of nitrogens with zero attached hydrogens (tertiary/aromatic N) is 6. The quantitative estimate of drug-likeness (QED) is 0.429. The monoisotopic (exact) mass is 454 g/mol. The predicted molar refractivity (Wildman–Crippen MR) is 124 cm³/mol. The zero-order valence-corrected chi connectivity index (χ0v) is 19.6. The Morgan fingerprint density at radius 3 is 2.38 bits per heavy atom. The molecule has 9 nitrogen and oxygen atoms in total. The highest BCUT2D eigenvalue weighted by Gasteiger charge is 2.28. The summed E-state index contributed by atoms with van der Waals surface area (Å²) in [6.07, 6.45) is 6.81. The number of aromatic nitrogens is 6. The molecule has 168 valence electrons. The largest absolute Gasteiger partial charge is 0.610 e. The average molecular weight is 455 g/mol. The highest BCUT2D eigenvalue weighted by Crippen LogP contribution is 2.23. The van der Waals surface area contributed by atoms with E-state index in [1.807, 2.05) is 55.8 Å². The molecular weight excluding hydrogens is 428 g/mol. The first kappa shape index (κ1) is 22.1. The van der Waals surface area contributed by atoms with Crippen LogP contribution in [0.3, 0.4) is 0 Å². The highest BCUT2D eigenvalue weighted by molar-refractivity contribution is 7.90. The Balaban J connectivity index is 1.85. The van der Waals surface area contributed by atoms with Gasteiger partial charge in [0.1, 0.15) is 6.26 Å². The highest BCUT2D eigenvalue weighted by atomic mass is 32.2. The van der Waals surface area contributed by atoms with Gasteiger partial charge in [0.2, 0.25) is 0 Å². The molecule has 3 aromatic heterocycles. The van der Waals surface area contributed by atoms with Crippen LogP contribution in [0.1, 0.15) is 26.3 Å². The van der Waals surface area contributed by atoms with Gasteiger partial charge in [0.25, 0.3) is 10.6 Å². The van der Waals surface area contributed by atoms with Gasteiger partial charge in [-0.25, -0.2) is 14.5 Å². The molecule has 0 saturated carbocycles. The van der Waals surface area contributed by atoms with E-state index in [0.29, 0.717) is 18.1 Å². The summed E-state index contributed by atoms with van der Waals surface area (Å²) in [4.78, 5) is 29.9. The lowest BCUT2D eigenvalue weighted by molar-refractivity contribution is 0.337. The molecule has 0 saturated heterocycles. The topological polar surface area (TPSA) is 103 Å². The SMILES string of the molecule is Cn1c(=O)c2c([S+](C)[O-])n(Cc3ccc(-n4ccnc4)cc3)nc2n(CC(C)(C)C)c1=O. The Morgan fingerprint density at radius 1 is 1.12 bits per heavy atom. The van der Waals surface area contributed by atoms with Crippen LogP contribution >= 0.6 is 0 Å². The smallest absolute Gasteiger partial charge is 0.332 e. The Labute approximate surface area is 188 Å². The van der Waals surface area contributed by atoms with Gasteiger partial charge >= 0.3 is 5.69 Å². The molecule has 0 N–H and O–H groups in total. The molecule has 0 aliphatic rings. The summed E-state index contributed by atoms with van der Waals surface area (Å²) in [5.41, 5.74) is 1.03. The summed E-state index contributed by atoms with van der Waals surface area (Å²) >= 11 is -1.48. The van der Waals surface area contributed by atoms with E-state index < -0.39 is 22.4 Å². The van der Waals surface area contributed by atoms with E-state index in [1.54, 1.807) is 17.2 Å². The third-order valence-corrected chi connectivity index (χ3v) is 6.11. The summed E-state index contributed by atoms with van der Waals surface area (Å²) in [5, 5.41) is 5.16. The van der Waals surface area contributed by atoms with Crippen molar-refractivity contribution in [1.29, 1.82) is 0 Å². The van der Waals surface area contributed by atoms with E-state index >= 15 is 0 Å². The Hall–Kier alpha value is -3.11. The number of fused-ring (bicyclic) bond motifs is 1. The number of hydrogen-bond donors (Lipinski definition) is 0. The molecular formula is C22H26N6O3S. The second kappa shape index (κ2) is 8.10. The van der Waals surface area contributed by atoms with E-state index in [4.69, 9.17) is 0 Å². The van der Waals surface area contributed by atoms with Gasteiger partial charge in [-0.1, -0.05) is 32.9 Å². The van der Waals surface area contributed by atoms with Crippen molar-refractivity contribution in [3.05, 3.63) is 69.4 Å². The van der Waals surface area contributed by atoms with Crippen molar-refractivity contribution in [3.8, 4) is 5.69 Å². The maximum atomic E-state index is 13.0. The van der Waals surface area contributed by atoms with Crippen molar-refractivity contribution < 1.29 is 4.55 Å². The minimum absolute atomic E-state index is 0.216. The summed E-state index contributed by atoms with van der Waals surface area (Å²) < 4.78 is 18.7. The second-order valence-electron chi connectivity index (χ2n) is 9.05. The first-order chi connectivity index (χ1) is 15.1. The van der Waals surface area contributed by atoms with Gasteiger partial charge in [-0.2, -0.15) is 0 Å². The Kier molecular flexibility index (Phi) is 5.59. The molecule has 1 aromatic carbocycles. The first-order valence-corrected chi connectivity index (χ1v) is 11.7. The molecule has 32 heavy (non-hydrogen) atoms. The van der Waals surface area contributed by atoms with Gasteiger partial charge in [0, 0.05) is 42.8 Å². The third kappa shape index (κ3) is 4.03. The van der Waals surface area contributed by atoms with Crippen LogP contribution in [0.2, 0.25) is 0 Å². The fraction of sp³-hybridized carbons (Fsp3) is 0.364. The fourth-order valence-corrected chi connectivity index (χ4v) is 4.58. The van der Waals surface area contributed by atoms with Crippen LogP contribution in [0.15, 0.2) is 57.6 Å². The average Bonchev–Trinajstić information content (AvgIpc) is 3.38. The Bertz CT molecular complexity index is 1370. The predicted octanol–water partition coefficient (Wildman–Crippen LogP) is 1.91. The molecule has 1 unspecified atom stereocenters. The molecule has 1 atom stereocenters. The summed E-state index contributed by atoms with van der Waals surface area (Å²) in [6, 6.07) is 7.81. The number of benzene rings is 1. The van der Waals surface area contributed by atoms with E-state index in [1.165, 1.54) is 17.9 Å². The molecule has 0 amide bonds. The van der Waals surface area contributed by atoms with Crippen molar-refractivity contribution in [3.63, 3.8) is 0 Å². The van der Waals surface area contributed by atoms with Crippen molar-refractivity contribution in [1.82, 2.24) is 28.5 Å². The normalized spacial score (nSPS) is 13.1. The van der Waals surface area contributed by atoms with Gasteiger partial charge in [0.05, 0.1) is 12.9 Å². The molecule has 3 heterocycles. The molecule has 0 radical (unpaired) electrons. The van der Waals surface area contributed by atoms with Crippen LogP contribution in [0, 0.1) is 5.41 Å². The zero-order chi connectivity index (χ0) is 23.2. The minimum Gasteiger partial charge on any atom is -0.610 e. The Morgan fingerprint density at radius 2 is 1.81 bits per heavy atom. The summed E-state index contributed by atoms with van der Waals surface area (Å²) in [6.45, 7) is 6.72. The molecule has 0 aliphatic carbocycles. The lowest BCUT2D eigenvalue weighted by atomic mass is 9.97. The molecule has 0 spiro atoms. The summed E-state index contributed by atoms with van der Waals surface area (Å²) in [7, 11) is 1.44. The third-order valence-electron chi connectivity index (χ3n) is 5.16. The van der Waals surface area contributed by atoms with Crippen molar-refractivity contribution in [2.75, 3.05) is 6.26 Å². The molecule has 0 bridgehead atoms. The fourth-order valence-electron chi connectivity index (χ4n) is 3.71. The van der Waals surface area contributed by atoms with Gasteiger partial charge < -0.3 is 9.12 Å². The van der Waals surface area contributed by atoms with Crippen LogP contribution in [0.25, 0.3) is 16.7 Å². The van der Waals surface area contributed by atoms with Gasteiger partial charge in [0.15, 0.2) is 11.0 Å². The van der Waals surface area contributed by atoms with Gasteiger partial charge in [-0.05, 0) is 23.1 Å². The van der Waals surface area contributed by atoms with Crippen LogP contribution in [0.4, 0.5) is 0 Å². The first-order valence-electron chi connectivity index (χ1n) is 10.2. The van der Waals surface area contributed by atoms with E-state index in [2.05, 4.69) is 10.1 Å². The van der Waals surface area contributed by atoms with Crippen LogP contribution in [-0.4, -0.2) is 39.3 Å². The number of hydrogen-bond acceptors (Lipinski definition) is 5. The van der Waals surface area contributed by atoms with Crippen LogP contribution in [0.5, 0.6) is 0 Å². The summed E-state index contributed by atoms with van der Waals surface area (Å²) in [5.74, 6) is 0. The van der Waals surface area contributed by atoms with Gasteiger partial charge in [-0.3, -0.25) is 13.9 Å². The lowest BCUT2D eigenvalue weighted by Crippen LogP contribution is -2.40. The minimum atomic E-state index is -1.48.